The molecule has 3 heterocycles. The predicted molar refractivity (Wildman–Crippen MR) is 203 cm³/mol. The second-order valence-electron chi connectivity index (χ2n) is 15.1. The van der Waals surface area contributed by atoms with Gasteiger partial charge >= 0.3 is 5.97 Å². The van der Waals surface area contributed by atoms with Gasteiger partial charge in [0.05, 0.1) is 89.9 Å². The quantitative estimate of drug-likeness (QED) is 0.241. The number of hydrogen-bond acceptors (Lipinski definition) is 5. The van der Waals surface area contributed by atoms with Crippen LogP contribution in [0, 0.1) is 6.92 Å². The molecule has 1 fully saturated rings. The number of nitrogens with zero attached hydrogens (tertiary/aromatic N) is 4. The van der Waals surface area contributed by atoms with E-state index in [1.165, 1.54) is 24.0 Å². The number of benzene rings is 1. The number of aromatic amines is 1. The fourth-order valence-corrected chi connectivity index (χ4v) is 8.28. The van der Waals surface area contributed by atoms with Gasteiger partial charge in [-0.05, 0) is 12.5 Å². The van der Waals surface area contributed by atoms with Crippen molar-refractivity contribution in [3.63, 3.8) is 0 Å². The molecule has 0 atom stereocenters. The van der Waals surface area contributed by atoms with E-state index in [-0.39, 0.29) is 48.3 Å². The zero-order chi connectivity index (χ0) is 32.1. The molecule has 4 aromatic rings. The molecule has 1 aliphatic carbocycles. The Morgan fingerprint density at radius 2 is 1.30 bits per heavy atom. The Bertz CT molecular complexity index is 1820. The molecule has 0 aliphatic heterocycles. The molecule has 8 nitrogen and oxygen atoms in total. The first-order valence-corrected chi connectivity index (χ1v) is 14.9. The number of carbonyl (C=O) groups is 1. The highest BCUT2D eigenvalue weighted by Gasteiger charge is 2.71. The first kappa shape index (κ1) is 31.3. The molecule has 43 heavy (non-hydrogen) atoms. The summed E-state index contributed by atoms with van der Waals surface area (Å²) in [6, 6.07) is 9.86. The second kappa shape index (κ2) is 9.45. The molecule has 19 heteroatoms. The first-order chi connectivity index (χ1) is 19.7. The van der Waals surface area contributed by atoms with Gasteiger partial charge in [0, 0.05) is 18.5 Å². The van der Waals surface area contributed by atoms with Gasteiger partial charge in [-0.15, -0.1) is 15.6 Å². The Hall–Kier alpha value is -3.10. The molecule has 5 rings (SSSR count). The van der Waals surface area contributed by atoms with Gasteiger partial charge in [0.2, 0.25) is 0 Å². The third-order valence-electron chi connectivity index (χ3n) is 13.5. The van der Waals surface area contributed by atoms with Crippen molar-refractivity contribution < 1.29 is 9.90 Å². The lowest BCUT2D eigenvalue weighted by Crippen LogP contribution is -2.70. The van der Waals surface area contributed by atoms with Crippen LogP contribution in [-0.4, -0.2) is 122 Å². The van der Waals surface area contributed by atoms with Crippen LogP contribution in [0.2, 0.25) is 26.1 Å². The first-order valence-electron chi connectivity index (χ1n) is 14.9. The lowest BCUT2D eigenvalue weighted by molar-refractivity contribution is 0.0699. The molecule has 1 aromatic carbocycles. The molecular formula is C24H34B11N5O3. The van der Waals surface area contributed by atoms with Crippen LogP contribution in [0.15, 0.2) is 47.5 Å². The maximum absolute atomic E-state index is 13.3. The van der Waals surface area contributed by atoms with E-state index >= 15 is 0 Å². The van der Waals surface area contributed by atoms with Crippen molar-refractivity contribution in [3.8, 4) is 22.6 Å². The van der Waals surface area contributed by atoms with Crippen LogP contribution in [0.5, 0.6) is 0 Å². The number of hydrogen-bond donors (Lipinski definition) is 2. The average Bonchev–Trinajstić information content (AvgIpc) is 3.32. The maximum Gasteiger partial charge on any atom is 0.341 e. The molecule has 2 N–H and O–H groups in total. The fraction of sp³-hybridized carbons (Fsp3) is 0.292. The summed E-state index contributed by atoms with van der Waals surface area (Å²) in [5, 5.41) is 14.2. The van der Waals surface area contributed by atoms with E-state index in [1.54, 1.807) is 6.92 Å². The van der Waals surface area contributed by atoms with Gasteiger partial charge in [-0.1, -0.05) is 45.6 Å². The van der Waals surface area contributed by atoms with Crippen LogP contribution in [0.3, 0.4) is 0 Å². The van der Waals surface area contributed by atoms with Gasteiger partial charge in [0.1, 0.15) is 24.8 Å². The number of aromatic carboxylic acids is 1. The SMILES string of the molecule is BC1(B)C(B)(B)C(B)(B)C(B)(c2ccc(-c3cc(=O)n4nc(-c5nccnc5C)c(C(=O)O)c4[nH]3)cc2)C(B)(B)C1(B)B. The van der Waals surface area contributed by atoms with Gasteiger partial charge < -0.3 is 10.1 Å². The highest BCUT2D eigenvalue weighted by atomic mass is 16.4. The van der Waals surface area contributed by atoms with Crippen molar-refractivity contribution in [1.82, 2.24) is 24.6 Å². The summed E-state index contributed by atoms with van der Waals surface area (Å²) in [4.78, 5) is 37.4. The highest BCUT2D eigenvalue weighted by Crippen LogP contribution is 2.83. The van der Waals surface area contributed by atoms with Gasteiger partial charge in [0.15, 0.2) is 5.65 Å². The number of H-pyrrole nitrogens is 1. The molecule has 206 valence electrons. The second-order valence-corrected chi connectivity index (χ2v) is 15.1. The minimum absolute atomic E-state index is 0.00283. The Morgan fingerprint density at radius 3 is 1.81 bits per heavy atom. The van der Waals surface area contributed by atoms with Crippen LogP contribution in [-0.2, 0) is 5.31 Å². The Balaban J connectivity index is 1.67. The number of aryl methyl sites for hydroxylation is 1. The molecule has 0 unspecified atom stereocenters. The third-order valence-corrected chi connectivity index (χ3v) is 13.5. The summed E-state index contributed by atoms with van der Waals surface area (Å²) in [6.45, 7) is 1.73. The van der Waals surface area contributed by atoms with E-state index in [2.05, 4.69) is 118 Å². The average molecular weight is 560 g/mol. The van der Waals surface area contributed by atoms with Crippen molar-refractivity contribution in [2.24, 2.45) is 0 Å². The summed E-state index contributed by atoms with van der Waals surface area (Å²) < 4.78 is 1.09. The van der Waals surface area contributed by atoms with Gasteiger partial charge in [-0.2, -0.15) is 9.61 Å². The van der Waals surface area contributed by atoms with Crippen molar-refractivity contribution in [3.05, 3.63) is 69.9 Å². The number of nitrogens with one attached hydrogen (secondary N) is 1. The van der Waals surface area contributed by atoms with Crippen molar-refractivity contribution in [2.75, 3.05) is 0 Å². The third kappa shape index (κ3) is 3.81. The van der Waals surface area contributed by atoms with Crippen molar-refractivity contribution >= 4 is 97.9 Å². The summed E-state index contributed by atoms with van der Waals surface area (Å²) in [7, 11) is 26.6. The van der Waals surface area contributed by atoms with Crippen LogP contribution < -0.4 is 5.56 Å². The highest BCUT2D eigenvalue weighted by molar-refractivity contribution is 6.72. The van der Waals surface area contributed by atoms with E-state index in [1.807, 2.05) is 12.1 Å². The van der Waals surface area contributed by atoms with Gasteiger partial charge in [-0.25, -0.2) is 4.79 Å². The Labute approximate surface area is 262 Å². The largest absolute Gasteiger partial charge is 0.477 e. The van der Waals surface area contributed by atoms with Crippen LogP contribution in [0.1, 0.15) is 21.6 Å². The zero-order valence-corrected chi connectivity index (χ0v) is 27.6. The lowest BCUT2D eigenvalue weighted by Gasteiger charge is -2.80. The van der Waals surface area contributed by atoms with E-state index < -0.39 is 11.5 Å². The van der Waals surface area contributed by atoms with E-state index in [9.17, 15) is 14.7 Å². The summed E-state index contributed by atoms with van der Waals surface area (Å²) in [5.74, 6) is -1.21. The van der Waals surface area contributed by atoms with Crippen LogP contribution >= 0.6 is 0 Å². The monoisotopic (exact) mass is 561 g/mol. The fourth-order valence-electron chi connectivity index (χ4n) is 8.28. The number of aromatic nitrogens is 5. The molecule has 1 saturated carbocycles. The summed E-state index contributed by atoms with van der Waals surface area (Å²) in [6.07, 6.45) is 3.01. The lowest BCUT2D eigenvalue weighted by atomic mass is 8.96. The molecule has 3 aromatic heterocycles. The van der Waals surface area contributed by atoms with Gasteiger partial charge in [-0.3, -0.25) is 14.8 Å². The predicted octanol–water partition coefficient (Wildman–Crippen LogP) is -7.09. The number of rotatable bonds is 4. The minimum atomic E-state index is -1.21. The normalized spacial score (nSPS) is 20.8. The van der Waals surface area contributed by atoms with Crippen molar-refractivity contribution in [2.45, 2.75) is 38.3 Å². The maximum atomic E-state index is 13.3. The topological polar surface area (TPSA) is 113 Å². The Kier molecular flexibility index (Phi) is 6.89. The smallest absolute Gasteiger partial charge is 0.341 e. The van der Waals surface area contributed by atoms with Crippen LogP contribution in [0.25, 0.3) is 28.3 Å². The summed E-state index contributed by atoms with van der Waals surface area (Å²) >= 11 is 0. The van der Waals surface area contributed by atoms with Gasteiger partial charge in [0.25, 0.3) is 5.56 Å². The summed E-state index contributed by atoms with van der Waals surface area (Å²) in [5.41, 5.74) is 3.03. The zero-order valence-electron chi connectivity index (χ0n) is 27.6. The van der Waals surface area contributed by atoms with Crippen molar-refractivity contribution in [1.29, 1.82) is 0 Å². The minimum Gasteiger partial charge on any atom is -0.477 e. The molecule has 0 amide bonds. The molecular weight excluding hydrogens is 525 g/mol. The molecule has 0 spiro atoms. The molecule has 0 bridgehead atoms. The molecule has 0 radical (unpaired) electrons. The molecule has 0 saturated heterocycles. The molecule has 1 aliphatic rings. The van der Waals surface area contributed by atoms with E-state index in [0.717, 1.165) is 10.1 Å². The number of carboxylic acid groups (broad SMARTS) is 1. The number of carboxylic acids is 1. The van der Waals surface area contributed by atoms with E-state index in [4.69, 9.17) is 0 Å². The van der Waals surface area contributed by atoms with E-state index in [0.29, 0.717) is 17.1 Å². The standard InChI is InChI=1S/C24H34B11N5O3/c1-9-15(37-7-6-36-9)16-14(18(42)43)17-38-12(8-13(41)40(17)39-16)10-2-4-11(5-3-10)19(25)20(26,27)22(30,31)24(34,35)23(32,33)21(19,28)29/h2-8,38H,25-35H2,1H3,(H,42,43). The van der Waals surface area contributed by atoms with Crippen LogP contribution in [0.4, 0.5) is 0 Å². The Morgan fingerprint density at radius 1 is 0.791 bits per heavy atom. The number of fused-ring (bicyclic) bond motifs is 1.